The highest BCUT2D eigenvalue weighted by atomic mass is 32.1. The third-order valence-corrected chi connectivity index (χ3v) is 6.89. The van der Waals surface area contributed by atoms with Gasteiger partial charge in [-0.3, -0.25) is 9.69 Å². The van der Waals surface area contributed by atoms with Crippen molar-refractivity contribution in [3.8, 4) is 10.6 Å². The Kier molecular flexibility index (Phi) is 7.35. The largest absolute Gasteiger partial charge is 0.393 e. The molecule has 1 aliphatic rings. The van der Waals surface area contributed by atoms with Crippen LogP contribution in [-0.4, -0.2) is 40.1 Å². The van der Waals surface area contributed by atoms with Crippen molar-refractivity contribution < 1.29 is 9.90 Å². The van der Waals surface area contributed by atoms with Gasteiger partial charge in [0.25, 0.3) is 5.91 Å². The Balaban J connectivity index is 1.29. The number of nitrogens with zero attached hydrogens (tertiary/aromatic N) is 2. The first kappa shape index (κ1) is 22.6. The van der Waals surface area contributed by atoms with Crippen LogP contribution in [0, 0.1) is 0 Å². The second-order valence-corrected chi connectivity index (χ2v) is 9.68. The van der Waals surface area contributed by atoms with Crippen molar-refractivity contribution in [2.24, 2.45) is 0 Å². The lowest BCUT2D eigenvalue weighted by Gasteiger charge is -2.29. The van der Waals surface area contributed by atoms with Gasteiger partial charge in [0.2, 0.25) is 0 Å². The van der Waals surface area contributed by atoms with Gasteiger partial charge in [0.1, 0.15) is 10.7 Å². The molecule has 2 heterocycles. The number of hydrogen-bond acceptors (Lipinski definition) is 5. The first-order valence-corrected chi connectivity index (χ1v) is 12.2. The SMILES string of the molecule is CC(C)c1ccc(-c2nc(C(=O)NCc3ccc(CN4CCC(O)CC4)cc3)cs2)cc1. The van der Waals surface area contributed by atoms with Gasteiger partial charge in [0.05, 0.1) is 6.10 Å². The molecule has 1 saturated heterocycles. The smallest absolute Gasteiger partial charge is 0.271 e. The molecule has 3 aromatic rings. The first-order valence-electron chi connectivity index (χ1n) is 11.3. The quantitative estimate of drug-likeness (QED) is 0.543. The van der Waals surface area contributed by atoms with Crippen LogP contribution in [0.3, 0.4) is 0 Å². The monoisotopic (exact) mass is 449 g/mol. The Morgan fingerprint density at radius 1 is 1.09 bits per heavy atom. The van der Waals surface area contributed by atoms with E-state index in [1.54, 1.807) is 0 Å². The summed E-state index contributed by atoms with van der Waals surface area (Å²) in [6.45, 7) is 7.61. The van der Waals surface area contributed by atoms with Gasteiger partial charge >= 0.3 is 0 Å². The van der Waals surface area contributed by atoms with Crippen LogP contribution in [0.4, 0.5) is 0 Å². The van der Waals surface area contributed by atoms with Crippen LogP contribution in [0.15, 0.2) is 53.9 Å². The molecule has 0 unspecified atom stereocenters. The minimum Gasteiger partial charge on any atom is -0.393 e. The van der Waals surface area contributed by atoms with Gasteiger partial charge < -0.3 is 10.4 Å². The van der Waals surface area contributed by atoms with E-state index in [0.29, 0.717) is 18.2 Å². The van der Waals surface area contributed by atoms with E-state index in [-0.39, 0.29) is 12.0 Å². The average Bonchev–Trinajstić information content (AvgIpc) is 3.30. The van der Waals surface area contributed by atoms with Gasteiger partial charge in [-0.25, -0.2) is 4.98 Å². The molecule has 2 aromatic carbocycles. The van der Waals surface area contributed by atoms with Crippen molar-refractivity contribution >= 4 is 17.2 Å². The maximum atomic E-state index is 12.6. The number of piperidine rings is 1. The highest BCUT2D eigenvalue weighted by Crippen LogP contribution is 2.26. The minimum absolute atomic E-state index is 0.142. The molecule has 0 bridgehead atoms. The van der Waals surface area contributed by atoms with Crippen LogP contribution >= 0.6 is 11.3 Å². The standard InChI is InChI=1S/C26H31N3O2S/c1-18(2)21-7-9-22(10-8-21)26-28-24(17-32-26)25(31)27-15-19-3-5-20(6-4-19)16-29-13-11-23(30)12-14-29/h3-10,17-18,23,30H,11-16H2,1-2H3,(H,27,31). The van der Waals surface area contributed by atoms with Gasteiger partial charge in [-0.05, 0) is 35.4 Å². The van der Waals surface area contributed by atoms with Crippen LogP contribution < -0.4 is 5.32 Å². The number of hydrogen-bond donors (Lipinski definition) is 2. The maximum absolute atomic E-state index is 12.6. The summed E-state index contributed by atoms with van der Waals surface area (Å²) in [5.41, 5.74) is 5.11. The van der Waals surface area contributed by atoms with Gasteiger partial charge in [-0.15, -0.1) is 11.3 Å². The summed E-state index contributed by atoms with van der Waals surface area (Å²) in [5.74, 6) is 0.344. The number of aliphatic hydroxyl groups excluding tert-OH is 1. The van der Waals surface area contributed by atoms with Gasteiger partial charge in [-0.2, -0.15) is 0 Å². The molecule has 0 radical (unpaired) electrons. The summed E-state index contributed by atoms with van der Waals surface area (Å²) in [6, 6.07) is 16.8. The second-order valence-electron chi connectivity index (χ2n) is 8.82. The highest BCUT2D eigenvalue weighted by molar-refractivity contribution is 7.13. The van der Waals surface area contributed by atoms with Crippen molar-refractivity contribution in [3.63, 3.8) is 0 Å². The van der Waals surface area contributed by atoms with Crippen molar-refractivity contribution in [3.05, 3.63) is 76.3 Å². The number of nitrogens with one attached hydrogen (secondary N) is 1. The molecule has 0 atom stereocenters. The van der Waals surface area contributed by atoms with E-state index >= 15 is 0 Å². The lowest BCUT2D eigenvalue weighted by atomic mass is 10.0. The number of aromatic nitrogens is 1. The fourth-order valence-corrected chi connectivity index (χ4v) is 4.70. The predicted molar refractivity (Wildman–Crippen MR) is 130 cm³/mol. The summed E-state index contributed by atoms with van der Waals surface area (Å²) in [5, 5.41) is 15.3. The van der Waals surface area contributed by atoms with E-state index in [0.717, 1.165) is 48.6 Å². The molecule has 0 saturated carbocycles. The Labute approximate surface area is 194 Å². The topological polar surface area (TPSA) is 65.5 Å². The van der Waals surface area contributed by atoms with Gasteiger partial charge in [0, 0.05) is 37.1 Å². The average molecular weight is 450 g/mol. The van der Waals surface area contributed by atoms with Crippen LogP contribution in [0.5, 0.6) is 0 Å². The number of benzene rings is 2. The molecule has 1 fully saturated rings. The van der Waals surface area contributed by atoms with Crippen molar-refractivity contribution in [1.82, 2.24) is 15.2 Å². The summed E-state index contributed by atoms with van der Waals surface area (Å²) < 4.78 is 0. The molecule has 1 aliphatic heterocycles. The normalized spacial score (nSPS) is 15.2. The molecule has 0 aliphatic carbocycles. The molecule has 0 spiro atoms. The van der Waals surface area contributed by atoms with Crippen molar-refractivity contribution in [2.75, 3.05) is 13.1 Å². The van der Waals surface area contributed by atoms with E-state index in [1.807, 2.05) is 5.38 Å². The van der Waals surface area contributed by atoms with Crippen LogP contribution in [0.2, 0.25) is 0 Å². The summed E-state index contributed by atoms with van der Waals surface area (Å²) in [7, 11) is 0. The lowest BCUT2D eigenvalue weighted by Crippen LogP contribution is -2.35. The third kappa shape index (κ3) is 5.82. The second kappa shape index (κ2) is 10.4. The molecule has 4 rings (SSSR count). The van der Waals surface area contributed by atoms with Crippen LogP contribution in [0.25, 0.3) is 10.6 Å². The summed E-state index contributed by atoms with van der Waals surface area (Å²) in [4.78, 5) is 19.5. The first-order chi connectivity index (χ1) is 15.5. The fraction of sp³-hybridized carbons (Fsp3) is 0.385. The molecule has 5 nitrogen and oxygen atoms in total. The van der Waals surface area contributed by atoms with E-state index in [1.165, 1.54) is 22.5 Å². The fourth-order valence-electron chi connectivity index (χ4n) is 3.89. The highest BCUT2D eigenvalue weighted by Gasteiger charge is 2.17. The van der Waals surface area contributed by atoms with Crippen molar-refractivity contribution in [2.45, 2.75) is 51.8 Å². The molecule has 6 heteroatoms. The molecule has 1 aromatic heterocycles. The zero-order valence-electron chi connectivity index (χ0n) is 18.8. The Morgan fingerprint density at radius 2 is 1.75 bits per heavy atom. The zero-order valence-corrected chi connectivity index (χ0v) is 19.6. The Bertz CT molecular complexity index is 1020. The van der Waals surface area contributed by atoms with Crippen LogP contribution in [0.1, 0.15) is 59.8 Å². The third-order valence-electron chi connectivity index (χ3n) is 6.00. The number of likely N-dealkylation sites (tertiary alicyclic amines) is 1. The van der Waals surface area contributed by atoms with Gasteiger partial charge in [0.15, 0.2) is 0 Å². The maximum Gasteiger partial charge on any atom is 0.271 e. The molecular formula is C26H31N3O2S. The Morgan fingerprint density at radius 3 is 2.41 bits per heavy atom. The number of aliphatic hydroxyl groups is 1. The van der Waals surface area contributed by atoms with E-state index in [9.17, 15) is 9.90 Å². The molecule has 32 heavy (non-hydrogen) atoms. The van der Waals surface area contributed by atoms with Crippen LogP contribution in [-0.2, 0) is 13.1 Å². The zero-order chi connectivity index (χ0) is 22.5. The lowest BCUT2D eigenvalue weighted by molar-refractivity contribution is 0.0792. The number of carbonyl (C=O) groups is 1. The molecule has 168 valence electrons. The number of carbonyl (C=O) groups excluding carboxylic acids is 1. The summed E-state index contributed by atoms with van der Waals surface area (Å²) in [6.07, 6.45) is 1.56. The minimum atomic E-state index is -0.151. The van der Waals surface area contributed by atoms with E-state index in [4.69, 9.17) is 0 Å². The van der Waals surface area contributed by atoms with E-state index < -0.39 is 0 Å². The number of thiazole rings is 1. The number of amides is 1. The van der Waals surface area contributed by atoms with Crippen molar-refractivity contribution in [1.29, 1.82) is 0 Å². The number of rotatable bonds is 7. The van der Waals surface area contributed by atoms with E-state index in [2.05, 4.69) is 77.6 Å². The van der Waals surface area contributed by atoms with Gasteiger partial charge in [-0.1, -0.05) is 62.4 Å². The molecule has 1 amide bonds. The Hall–Kier alpha value is -2.54. The predicted octanol–water partition coefficient (Wildman–Crippen LogP) is 4.82. The molecule has 2 N–H and O–H groups in total. The summed E-state index contributed by atoms with van der Waals surface area (Å²) >= 11 is 1.49. The molecular weight excluding hydrogens is 418 g/mol.